The van der Waals surface area contributed by atoms with E-state index in [9.17, 15) is 0 Å². The third-order valence-corrected chi connectivity index (χ3v) is 9.90. The average molecular weight is 264 g/mol. The van der Waals surface area contributed by atoms with E-state index in [4.69, 9.17) is 4.43 Å². The highest BCUT2D eigenvalue weighted by molar-refractivity contribution is 6.74. The van der Waals surface area contributed by atoms with Crippen molar-refractivity contribution >= 4 is 8.32 Å². The zero-order valence-corrected chi connectivity index (χ0v) is 13.8. The molecule has 1 nitrogen and oxygen atoms in total. The summed E-state index contributed by atoms with van der Waals surface area (Å²) in [5.74, 6) is 9.03. The summed E-state index contributed by atoms with van der Waals surface area (Å²) in [6, 6.07) is 0. The molecule has 0 N–H and O–H groups in total. The van der Waals surface area contributed by atoms with Crippen LogP contribution in [0.3, 0.4) is 0 Å². The summed E-state index contributed by atoms with van der Waals surface area (Å²) in [5.41, 5.74) is 0. The Morgan fingerprint density at radius 3 is 2.17 bits per heavy atom. The first kappa shape index (κ1) is 14.2. The van der Waals surface area contributed by atoms with Crippen molar-refractivity contribution in [3.05, 3.63) is 0 Å². The first-order chi connectivity index (χ1) is 8.26. The molecule has 0 aromatic rings. The molecule has 0 aromatic carbocycles. The van der Waals surface area contributed by atoms with Crippen molar-refractivity contribution in [1.29, 1.82) is 0 Å². The molecule has 2 fully saturated rings. The largest absolute Gasteiger partial charge is 0.414 e. The van der Waals surface area contributed by atoms with E-state index in [1.807, 2.05) is 6.92 Å². The fourth-order valence-electron chi connectivity index (χ4n) is 3.14. The van der Waals surface area contributed by atoms with E-state index in [1.165, 1.54) is 12.8 Å². The van der Waals surface area contributed by atoms with Crippen LogP contribution in [-0.4, -0.2) is 14.4 Å². The lowest BCUT2D eigenvalue weighted by molar-refractivity contribution is 0.167. The average Bonchev–Trinajstić information content (AvgIpc) is 2.68. The molecule has 2 aliphatic carbocycles. The van der Waals surface area contributed by atoms with Gasteiger partial charge in [0.1, 0.15) is 0 Å². The van der Waals surface area contributed by atoms with Crippen molar-refractivity contribution in [3.8, 4) is 11.8 Å². The van der Waals surface area contributed by atoms with E-state index in [2.05, 4.69) is 45.7 Å². The fourth-order valence-corrected chi connectivity index (χ4v) is 4.52. The maximum Gasteiger partial charge on any atom is 0.192 e. The van der Waals surface area contributed by atoms with Gasteiger partial charge in [0.2, 0.25) is 0 Å². The monoisotopic (exact) mass is 264 g/mol. The van der Waals surface area contributed by atoms with Crippen molar-refractivity contribution in [2.45, 2.75) is 71.2 Å². The molecule has 2 saturated carbocycles. The molecule has 2 rings (SSSR count). The second kappa shape index (κ2) is 4.69. The standard InChI is InChI=1S/C16H28OSi/c1-7-8-9-13-14-10-12(11-15(13)14)17-18(5,6)16(2,3)4/h12-15H,9-11H2,1-6H3. The van der Waals surface area contributed by atoms with Crippen LogP contribution in [-0.2, 0) is 4.43 Å². The molecule has 2 heteroatoms. The van der Waals surface area contributed by atoms with Crippen LogP contribution in [0.5, 0.6) is 0 Å². The molecule has 0 saturated heterocycles. The first-order valence-electron chi connectivity index (χ1n) is 7.33. The fraction of sp³-hybridized carbons (Fsp3) is 0.875. The van der Waals surface area contributed by atoms with Crippen LogP contribution in [0.1, 0.15) is 47.0 Å². The van der Waals surface area contributed by atoms with Crippen molar-refractivity contribution in [3.63, 3.8) is 0 Å². The van der Waals surface area contributed by atoms with Crippen LogP contribution in [0.25, 0.3) is 0 Å². The van der Waals surface area contributed by atoms with Gasteiger partial charge in [-0.15, -0.1) is 11.8 Å². The Morgan fingerprint density at radius 1 is 1.17 bits per heavy atom. The zero-order valence-electron chi connectivity index (χ0n) is 12.8. The summed E-state index contributed by atoms with van der Waals surface area (Å²) >= 11 is 0. The zero-order chi connectivity index (χ0) is 13.6. The lowest BCUT2D eigenvalue weighted by Crippen LogP contribution is -2.43. The maximum absolute atomic E-state index is 6.52. The molecular formula is C16H28OSi. The molecule has 0 aliphatic heterocycles. The van der Waals surface area contributed by atoms with Crippen LogP contribution < -0.4 is 0 Å². The summed E-state index contributed by atoms with van der Waals surface area (Å²) < 4.78 is 6.52. The molecule has 2 atom stereocenters. The minimum Gasteiger partial charge on any atom is -0.414 e. The highest BCUT2D eigenvalue weighted by Gasteiger charge is 2.56. The Bertz CT molecular complexity index is 357. The van der Waals surface area contributed by atoms with E-state index < -0.39 is 8.32 Å². The predicted octanol–water partition coefficient (Wildman–Crippen LogP) is 4.45. The SMILES string of the molecule is CC#CCC1C2CC(O[Si](C)(C)C(C)(C)C)CC12. The third-order valence-electron chi connectivity index (χ3n) is 5.36. The molecular weight excluding hydrogens is 236 g/mol. The predicted molar refractivity (Wildman–Crippen MR) is 79.8 cm³/mol. The van der Waals surface area contributed by atoms with Gasteiger partial charge in [-0.05, 0) is 55.7 Å². The Hall–Kier alpha value is -0.263. The number of rotatable bonds is 3. The van der Waals surface area contributed by atoms with E-state index in [-0.39, 0.29) is 0 Å². The Balaban J connectivity index is 1.82. The second-order valence-electron chi connectivity index (χ2n) is 7.59. The molecule has 0 heterocycles. The summed E-state index contributed by atoms with van der Waals surface area (Å²) in [6.07, 6.45) is 4.27. The molecule has 0 amide bonds. The molecule has 2 unspecified atom stereocenters. The molecule has 0 radical (unpaired) electrons. The molecule has 0 spiro atoms. The Labute approximate surface area is 114 Å². The minimum absolute atomic E-state index is 0.340. The van der Waals surface area contributed by atoms with E-state index >= 15 is 0 Å². The molecule has 2 aliphatic rings. The lowest BCUT2D eigenvalue weighted by atomic mass is 10.1. The van der Waals surface area contributed by atoms with E-state index in [0.717, 1.165) is 24.2 Å². The van der Waals surface area contributed by atoms with Gasteiger partial charge >= 0.3 is 0 Å². The highest BCUT2D eigenvalue weighted by Crippen LogP contribution is 2.60. The van der Waals surface area contributed by atoms with Crippen molar-refractivity contribution in [1.82, 2.24) is 0 Å². The van der Waals surface area contributed by atoms with Gasteiger partial charge in [0.15, 0.2) is 8.32 Å². The van der Waals surface area contributed by atoms with Crippen molar-refractivity contribution in [2.24, 2.45) is 17.8 Å². The summed E-state index contributed by atoms with van der Waals surface area (Å²) in [7, 11) is -1.55. The lowest BCUT2D eigenvalue weighted by Gasteiger charge is -2.39. The normalized spacial score (nSPS) is 34.8. The van der Waals surface area contributed by atoms with Gasteiger partial charge in [-0.2, -0.15) is 0 Å². The molecule has 18 heavy (non-hydrogen) atoms. The van der Waals surface area contributed by atoms with Gasteiger partial charge in [0.05, 0.1) is 0 Å². The van der Waals surface area contributed by atoms with Crippen LogP contribution in [0.4, 0.5) is 0 Å². The second-order valence-corrected chi connectivity index (χ2v) is 12.4. The topological polar surface area (TPSA) is 9.23 Å². The van der Waals surface area contributed by atoms with E-state index in [0.29, 0.717) is 11.1 Å². The van der Waals surface area contributed by atoms with Gasteiger partial charge in [-0.1, -0.05) is 20.8 Å². The highest BCUT2D eigenvalue weighted by atomic mass is 28.4. The number of hydrogen-bond acceptors (Lipinski definition) is 1. The first-order valence-corrected chi connectivity index (χ1v) is 10.2. The summed E-state index contributed by atoms with van der Waals surface area (Å²) in [4.78, 5) is 0. The van der Waals surface area contributed by atoms with E-state index in [1.54, 1.807) is 0 Å². The number of fused-ring (bicyclic) bond motifs is 1. The van der Waals surface area contributed by atoms with Gasteiger partial charge in [0, 0.05) is 12.5 Å². The summed E-state index contributed by atoms with van der Waals surface area (Å²) in [6.45, 7) is 13.7. The third kappa shape index (κ3) is 2.68. The van der Waals surface area contributed by atoms with Crippen LogP contribution >= 0.6 is 0 Å². The van der Waals surface area contributed by atoms with Crippen molar-refractivity contribution < 1.29 is 4.43 Å². The summed E-state index contributed by atoms with van der Waals surface area (Å²) in [5, 5.41) is 0.340. The molecule has 0 aromatic heterocycles. The van der Waals surface area contributed by atoms with Gasteiger partial charge in [-0.3, -0.25) is 0 Å². The Kier molecular flexibility index (Phi) is 3.69. The van der Waals surface area contributed by atoms with Gasteiger partial charge in [0.25, 0.3) is 0 Å². The van der Waals surface area contributed by atoms with Gasteiger partial charge < -0.3 is 4.43 Å². The minimum atomic E-state index is -1.55. The molecule has 0 bridgehead atoms. The van der Waals surface area contributed by atoms with Crippen LogP contribution in [0.15, 0.2) is 0 Å². The van der Waals surface area contributed by atoms with Crippen molar-refractivity contribution in [2.75, 3.05) is 0 Å². The molecule has 102 valence electrons. The van der Waals surface area contributed by atoms with Crippen LogP contribution in [0, 0.1) is 29.6 Å². The maximum atomic E-state index is 6.52. The number of hydrogen-bond donors (Lipinski definition) is 0. The smallest absolute Gasteiger partial charge is 0.192 e. The van der Waals surface area contributed by atoms with Crippen LogP contribution in [0.2, 0.25) is 18.1 Å². The Morgan fingerprint density at radius 2 is 1.72 bits per heavy atom. The van der Waals surface area contributed by atoms with Gasteiger partial charge in [-0.25, -0.2) is 0 Å². The quantitative estimate of drug-likeness (QED) is 0.541.